The van der Waals surface area contributed by atoms with E-state index < -0.39 is 12.1 Å². The molecule has 5 nitrogen and oxygen atoms in total. The van der Waals surface area contributed by atoms with Crippen molar-refractivity contribution < 1.29 is 19.8 Å². The highest BCUT2D eigenvalue weighted by Crippen LogP contribution is 2.28. The second-order valence-electron chi connectivity index (χ2n) is 4.32. The van der Waals surface area contributed by atoms with Gasteiger partial charge in [-0.15, -0.1) is 0 Å². The van der Waals surface area contributed by atoms with Gasteiger partial charge in [0.1, 0.15) is 0 Å². The van der Waals surface area contributed by atoms with Crippen LogP contribution in [-0.2, 0) is 4.79 Å². The number of carboxylic acids is 1. The Hall–Kier alpha value is -0.910. The average Bonchev–Trinajstić information content (AvgIpc) is 2.43. The predicted molar refractivity (Wildman–Crippen MR) is 66.5 cm³/mol. The van der Waals surface area contributed by atoms with E-state index in [2.05, 4.69) is 5.32 Å². The molecule has 1 rings (SSSR count). The summed E-state index contributed by atoms with van der Waals surface area (Å²) in [4.78, 5) is 20.9. The van der Waals surface area contributed by atoms with Crippen molar-refractivity contribution in [2.24, 2.45) is 0 Å². The molecule has 0 aromatic carbocycles. The van der Waals surface area contributed by atoms with E-state index in [0.29, 0.717) is 11.7 Å². The Morgan fingerprint density at radius 3 is 2.71 bits per heavy atom. The lowest BCUT2D eigenvalue weighted by Crippen LogP contribution is -2.35. The average molecular weight is 261 g/mol. The van der Waals surface area contributed by atoms with E-state index >= 15 is 0 Å². The van der Waals surface area contributed by atoms with Gasteiger partial charge in [-0.3, -0.25) is 4.79 Å². The number of thioether (sulfide) groups is 1. The van der Waals surface area contributed by atoms with Crippen LogP contribution in [0.15, 0.2) is 0 Å². The molecule has 98 valence electrons. The van der Waals surface area contributed by atoms with E-state index in [4.69, 9.17) is 10.2 Å². The second kappa shape index (κ2) is 7.42. The lowest BCUT2D eigenvalue weighted by atomic mass is 10.1. The maximum absolute atomic E-state index is 10.5. The van der Waals surface area contributed by atoms with Crippen molar-refractivity contribution >= 4 is 23.8 Å². The molecule has 0 bridgehead atoms. The van der Waals surface area contributed by atoms with Crippen LogP contribution in [-0.4, -0.2) is 39.3 Å². The Labute approximate surface area is 105 Å². The third kappa shape index (κ3) is 6.41. The van der Waals surface area contributed by atoms with Gasteiger partial charge in [0.2, 0.25) is 0 Å². The summed E-state index contributed by atoms with van der Waals surface area (Å²) in [6, 6.07) is 0.0435. The Balaban J connectivity index is 2.22. The van der Waals surface area contributed by atoms with Crippen molar-refractivity contribution in [1.82, 2.24) is 5.32 Å². The zero-order valence-electron chi connectivity index (χ0n) is 9.72. The SMILES string of the molecule is O=C(O)CCC[C@H]1CCC[C@@H](NC(=O)O)CS1. The highest BCUT2D eigenvalue weighted by Gasteiger charge is 2.20. The summed E-state index contributed by atoms with van der Waals surface area (Å²) < 4.78 is 0. The van der Waals surface area contributed by atoms with Crippen LogP contribution in [0.3, 0.4) is 0 Å². The van der Waals surface area contributed by atoms with E-state index in [1.54, 1.807) is 11.8 Å². The molecule has 0 aromatic rings. The van der Waals surface area contributed by atoms with Gasteiger partial charge in [0.15, 0.2) is 0 Å². The first-order chi connectivity index (χ1) is 8.08. The minimum Gasteiger partial charge on any atom is -0.481 e. The summed E-state index contributed by atoms with van der Waals surface area (Å²) in [7, 11) is 0. The number of rotatable bonds is 5. The molecule has 1 saturated heterocycles. The molecule has 0 spiro atoms. The van der Waals surface area contributed by atoms with Crippen LogP contribution in [0.2, 0.25) is 0 Å². The molecular formula is C11H19NO4S. The number of carboxylic acid groups (broad SMARTS) is 2. The topological polar surface area (TPSA) is 86.6 Å². The van der Waals surface area contributed by atoms with Crippen molar-refractivity contribution in [2.45, 2.75) is 49.8 Å². The van der Waals surface area contributed by atoms with Crippen LogP contribution < -0.4 is 5.32 Å². The molecule has 1 aliphatic rings. The van der Waals surface area contributed by atoms with E-state index in [9.17, 15) is 9.59 Å². The van der Waals surface area contributed by atoms with Crippen molar-refractivity contribution in [3.8, 4) is 0 Å². The second-order valence-corrected chi connectivity index (χ2v) is 5.65. The lowest BCUT2D eigenvalue weighted by Gasteiger charge is -2.14. The highest BCUT2D eigenvalue weighted by molar-refractivity contribution is 7.99. The first-order valence-corrected chi connectivity index (χ1v) is 6.95. The molecule has 0 aliphatic carbocycles. The van der Waals surface area contributed by atoms with Gasteiger partial charge in [-0.1, -0.05) is 6.42 Å². The standard InChI is InChI=1S/C11H19NO4S/c13-10(14)6-2-5-9-4-1-3-8(7-17-9)12-11(15)16/h8-9,12H,1-7H2,(H,13,14)(H,15,16)/t8-,9-/m1/s1. The quantitative estimate of drug-likeness (QED) is 0.706. The fourth-order valence-electron chi connectivity index (χ4n) is 2.01. The molecule has 17 heavy (non-hydrogen) atoms. The molecule has 1 aliphatic heterocycles. The van der Waals surface area contributed by atoms with E-state index in [0.717, 1.165) is 31.4 Å². The monoisotopic (exact) mass is 261 g/mol. The molecule has 2 atom stereocenters. The number of aliphatic carboxylic acids is 1. The van der Waals surface area contributed by atoms with Crippen LogP contribution >= 0.6 is 11.8 Å². The van der Waals surface area contributed by atoms with Gasteiger partial charge in [0, 0.05) is 23.5 Å². The molecule has 0 radical (unpaired) electrons. The fourth-order valence-corrected chi connectivity index (χ4v) is 3.43. The van der Waals surface area contributed by atoms with Crippen molar-refractivity contribution in [2.75, 3.05) is 5.75 Å². The van der Waals surface area contributed by atoms with Crippen molar-refractivity contribution in [3.05, 3.63) is 0 Å². The summed E-state index contributed by atoms with van der Waals surface area (Å²) in [5, 5.41) is 20.2. The number of amides is 1. The smallest absolute Gasteiger partial charge is 0.404 e. The Bertz CT molecular complexity index is 272. The maximum Gasteiger partial charge on any atom is 0.404 e. The number of hydrogen-bond acceptors (Lipinski definition) is 3. The number of carbonyl (C=O) groups is 2. The molecule has 0 saturated carbocycles. The first-order valence-electron chi connectivity index (χ1n) is 5.91. The third-order valence-corrected chi connectivity index (χ3v) is 4.39. The van der Waals surface area contributed by atoms with Crippen molar-refractivity contribution in [1.29, 1.82) is 0 Å². The van der Waals surface area contributed by atoms with Gasteiger partial charge in [-0.2, -0.15) is 11.8 Å². The van der Waals surface area contributed by atoms with Gasteiger partial charge >= 0.3 is 12.1 Å². The Kier molecular flexibility index (Phi) is 6.18. The van der Waals surface area contributed by atoms with Gasteiger partial charge in [0.25, 0.3) is 0 Å². The molecule has 1 amide bonds. The molecule has 0 aromatic heterocycles. The van der Waals surface area contributed by atoms with Gasteiger partial charge in [0.05, 0.1) is 0 Å². The molecule has 1 heterocycles. The third-order valence-electron chi connectivity index (χ3n) is 2.86. The van der Waals surface area contributed by atoms with E-state index in [1.165, 1.54) is 0 Å². The number of nitrogens with one attached hydrogen (secondary N) is 1. The highest BCUT2D eigenvalue weighted by atomic mass is 32.2. The van der Waals surface area contributed by atoms with Crippen LogP contribution in [0, 0.1) is 0 Å². The first kappa shape index (κ1) is 14.2. The van der Waals surface area contributed by atoms with Crippen LogP contribution in [0.1, 0.15) is 38.5 Å². The van der Waals surface area contributed by atoms with E-state index in [1.807, 2.05) is 0 Å². The van der Waals surface area contributed by atoms with Crippen LogP contribution in [0.5, 0.6) is 0 Å². The predicted octanol–water partition coefficient (Wildman–Crippen LogP) is 2.16. The largest absolute Gasteiger partial charge is 0.481 e. The minimum atomic E-state index is -0.958. The fraction of sp³-hybridized carbons (Fsp3) is 0.818. The number of hydrogen-bond donors (Lipinski definition) is 3. The summed E-state index contributed by atoms with van der Waals surface area (Å²) >= 11 is 1.77. The Morgan fingerprint density at radius 2 is 2.06 bits per heavy atom. The summed E-state index contributed by atoms with van der Waals surface area (Å²) in [6.07, 6.45) is 3.85. The van der Waals surface area contributed by atoms with Crippen LogP contribution in [0.25, 0.3) is 0 Å². The molecule has 0 unspecified atom stereocenters. The lowest BCUT2D eigenvalue weighted by molar-refractivity contribution is -0.137. The van der Waals surface area contributed by atoms with Gasteiger partial charge < -0.3 is 15.5 Å². The zero-order valence-corrected chi connectivity index (χ0v) is 10.5. The van der Waals surface area contributed by atoms with Crippen molar-refractivity contribution in [3.63, 3.8) is 0 Å². The molecule has 6 heteroatoms. The molecule has 3 N–H and O–H groups in total. The normalized spacial score (nSPS) is 24.9. The summed E-state index contributed by atoms with van der Waals surface area (Å²) in [5.41, 5.74) is 0. The Morgan fingerprint density at radius 1 is 1.29 bits per heavy atom. The minimum absolute atomic E-state index is 0.0435. The molecule has 1 fully saturated rings. The maximum atomic E-state index is 10.5. The van der Waals surface area contributed by atoms with Gasteiger partial charge in [-0.25, -0.2) is 4.79 Å². The van der Waals surface area contributed by atoms with E-state index in [-0.39, 0.29) is 12.5 Å². The summed E-state index contributed by atoms with van der Waals surface area (Å²) in [5.74, 6) is 0.0540. The summed E-state index contributed by atoms with van der Waals surface area (Å²) in [6.45, 7) is 0. The van der Waals surface area contributed by atoms with Crippen LogP contribution in [0.4, 0.5) is 4.79 Å². The van der Waals surface area contributed by atoms with Gasteiger partial charge in [-0.05, 0) is 25.7 Å². The zero-order chi connectivity index (χ0) is 12.7. The molecular weight excluding hydrogens is 242 g/mol.